The van der Waals surface area contributed by atoms with E-state index in [9.17, 15) is 4.79 Å². The van der Waals surface area contributed by atoms with Gasteiger partial charge >= 0.3 is 5.97 Å². The second kappa shape index (κ2) is 3.90. The van der Waals surface area contributed by atoms with Crippen LogP contribution in [0.25, 0.3) is 21.8 Å². The van der Waals surface area contributed by atoms with E-state index < -0.39 is 5.97 Å². The summed E-state index contributed by atoms with van der Waals surface area (Å²) in [5.41, 5.74) is 1.44. The van der Waals surface area contributed by atoms with Crippen molar-refractivity contribution >= 4 is 51.0 Å². The van der Waals surface area contributed by atoms with Crippen molar-refractivity contribution in [1.82, 2.24) is 4.98 Å². The van der Waals surface area contributed by atoms with Crippen molar-refractivity contribution in [3.05, 3.63) is 45.9 Å². The van der Waals surface area contributed by atoms with E-state index in [1.165, 1.54) is 0 Å². The topological polar surface area (TPSA) is 53.1 Å². The van der Waals surface area contributed by atoms with Crippen molar-refractivity contribution in [3.8, 4) is 0 Å². The Morgan fingerprint density at radius 1 is 1.06 bits per heavy atom. The Morgan fingerprint density at radius 3 is 2.50 bits per heavy atom. The average Bonchev–Trinajstić information content (AvgIpc) is 2.72. The van der Waals surface area contributed by atoms with Gasteiger partial charge in [0.05, 0.1) is 26.6 Å². The number of para-hydroxylation sites is 1. The van der Waals surface area contributed by atoms with Gasteiger partial charge in [0.1, 0.15) is 0 Å². The molecule has 3 rings (SSSR count). The van der Waals surface area contributed by atoms with E-state index in [1.807, 2.05) is 12.1 Å². The Bertz CT molecular complexity index is 792. The molecule has 1 heterocycles. The molecule has 0 aliphatic carbocycles. The van der Waals surface area contributed by atoms with Crippen LogP contribution in [0.1, 0.15) is 10.4 Å². The van der Waals surface area contributed by atoms with Crippen LogP contribution in [0.15, 0.2) is 30.3 Å². The fourth-order valence-corrected chi connectivity index (χ4v) is 2.48. The van der Waals surface area contributed by atoms with Crippen LogP contribution < -0.4 is 0 Å². The number of carbonyl (C=O) groups is 1. The summed E-state index contributed by atoms with van der Waals surface area (Å²) in [6.07, 6.45) is 0. The molecule has 0 fully saturated rings. The first-order valence-corrected chi connectivity index (χ1v) is 5.97. The number of aromatic amines is 1. The van der Waals surface area contributed by atoms with Gasteiger partial charge in [0.25, 0.3) is 0 Å². The highest BCUT2D eigenvalue weighted by atomic mass is 35.5. The van der Waals surface area contributed by atoms with Gasteiger partial charge in [-0.05, 0) is 12.1 Å². The van der Waals surface area contributed by atoms with E-state index in [4.69, 9.17) is 28.3 Å². The van der Waals surface area contributed by atoms with Crippen LogP contribution >= 0.6 is 23.2 Å². The van der Waals surface area contributed by atoms with Gasteiger partial charge in [0.15, 0.2) is 0 Å². The fraction of sp³-hybridized carbons (Fsp3) is 0. The molecule has 0 saturated heterocycles. The maximum absolute atomic E-state index is 11.2. The van der Waals surface area contributed by atoms with E-state index in [0.29, 0.717) is 21.1 Å². The summed E-state index contributed by atoms with van der Waals surface area (Å²) < 4.78 is 0. The minimum absolute atomic E-state index is 0.218. The summed E-state index contributed by atoms with van der Waals surface area (Å²) in [5, 5.41) is 11.7. The predicted molar refractivity (Wildman–Crippen MR) is 72.8 cm³/mol. The van der Waals surface area contributed by atoms with E-state index >= 15 is 0 Å². The number of carboxylic acid groups (broad SMARTS) is 1. The first-order valence-electron chi connectivity index (χ1n) is 5.21. The second-order valence-electron chi connectivity index (χ2n) is 3.94. The average molecular weight is 280 g/mol. The summed E-state index contributed by atoms with van der Waals surface area (Å²) >= 11 is 12.1. The molecule has 2 aromatic carbocycles. The van der Waals surface area contributed by atoms with Crippen molar-refractivity contribution < 1.29 is 9.90 Å². The molecule has 0 atom stereocenters. The van der Waals surface area contributed by atoms with Gasteiger partial charge in [0.2, 0.25) is 0 Å². The molecule has 0 aliphatic rings. The van der Waals surface area contributed by atoms with Crippen LogP contribution in [0, 0.1) is 0 Å². The van der Waals surface area contributed by atoms with Crippen LogP contribution in [-0.4, -0.2) is 16.1 Å². The van der Waals surface area contributed by atoms with Crippen molar-refractivity contribution in [2.45, 2.75) is 0 Å². The number of aromatic carboxylic acids is 1. The number of nitrogens with one attached hydrogen (secondary N) is 1. The highest BCUT2D eigenvalue weighted by Gasteiger charge is 2.14. The van der Waals surface area contributed by atoms with E-state index in [0.717, 1.165) is 10.8 Å². The van der Waals surface area contributed by atoms with Crippen molar-refractivity contribution in [2.75, 3.05) is 0 Å². The quantitative estimate of drug-likeness (QED) is 0.697. The van der Waals surface area contributed by atoms with Crippen molar-refractivity contribution in [2.24, 2.45) is 0 Å². The smallest absolute Gasteiger partial charge is 0.337 e. The molecule has 18 heavy (non-hydrogen) atoms. The number of halogens is 2. The predicted octanol–water partition coefficient (Wildman–Crippen LogP) is 4.33. The van der Waals surface area contributed by atoms with Crippen molar-refractivity contribution in [1.29, 1.82) is 0 Å². The summed E-state index contributed by atoms with van der Waals surface area (Å²) in [7, 11) is 0. The SMILES string of the molecule is O=C(O)c1cccc2c1[nH]c1c(Cl)c(Cl)ccc12. The minimum Gasteiger partial charge on any atom is -0.478 e. The lowest BCUT2D eigenvalue weighted by Crippen LogP contribution is -1.96. The molecule has 0 saturated carbocycles. The molecule has 2 N–H and O–H groups in total. The second-order valence-corrected chi connectivity index (χ2v) is 4.73. The number of H-pyrrole nitrogens is 1. The van der Waals surface area contributed by atoms with Gasteiger partial charge in [-0.15, -0.1) is 0 Å². The molecule has 0 bridgehead atoms. The number of fused-ring (bicyclic) bond motifs is 3. The fourth-order valence-electron chi connectivity index (χ4n) is 2.11. The summed E-state index contributed by atoms with van der Waals surface area (Å²) in [4.78, 5) is 14.2. The van der Waals surface area contributed by atoms with E-state index in [-0.39, 0.29) is 5.56 Å². The normalized spacial score (nSPS) is 11.2. The maximum atomic E-state index is 11.2. The first-order chi connectivity index (χ1) is 8.59. The highest BCUT2D eigenvalue weighted by Crippen LogP contribution is 2.35. The largest absolute Gasteiger partial charge is 0.478 e. The highest BCUT2D eigenvalue weighted by molar-refractivity contribution is 6.45. The van der Waals surface area contributed by atoms with Crippen LogP contribution in [0.4, 0.5) is 0 Å². The summed E-state index contributed by atoms with van der Waals surface area (Å²) in [6, 6.07) is 8.64. The molecule has 1 aromatic heterocycles. The van der Waals surface area contributed by atoms with Crippen LogP contribution in [0.5, 0.6) is 0 Å². The van der Waals surface area contributed by atoms with Crippen molar-refractivity contribution in [3.63, 3.8) is 0 Å². The van der Waals surface area contributed by atoms with Crippen LogP contribution in [0.2, 0.25) is 10.0 Å². The molecule has 3 aromatic rings. The number of rotatable bonds is 1. The molecule has 3 nitrogen and oxygen atoms in total. The zero-order valence-corrected chi connectivity index (χ0v) is 10.5. The van der Waals surface area contributed by atoms with Crippen LogP contribution in [-0.2, 0) is 0 Å². The Kier molecular flexibility index (Phi) is 2.47. The molecule has 0 unspecified atom stereocenters. The number of benzene rings is 2. The Labute approximate surface area is 112 Å². The zero-order chi connectivity index (χ0) is 12.9. The molecular formula is C13H7Cl2NO2. The molecule has 90 valence electrons. The molecule has 0 aliphatic heterocycles. The Balaban J connectivity index is 2.54. The minimum atomic E-state index is -0.977. The van der Waals surface area contributed by atoms with Crippen LogP contribution in [0.3, 0.4) is 0 Å². The first kappa shape index (κ1) is 11.4. The standard InChI is InChI=1S/C13H7Cl2NO2/c14-9-5-4-7-6-2-1-3-8(13(17)18)11(6)16-12(7)10(9)15/h1-5,16H,(H,17,18). The van der Waals surface area contributed by atoms with Gasteiger partial charge in [-0.25, -0.2) is 4.79 Å². The lowest BCUT2D eigenvalue weighted by atomic mass is 10.1. The lowest BCUT2D eigenvalue weighted by molar-refractivity contribution is 0.0699. The number of aromatic nitrogens is 1. The van der Waals surface area contributed by atoms with Gasteiger partial charge in [-0.2, -0.15) is 0 Å². The lowest BCUT2D eigenvalue weighted by Gasteiger charge is -1.96. The number of hydrogen-bond donors (Lipinski definition) is 2. The summed E-state index contributed by atoms with van der Waals surface area (Å²) in [6.45, 7) is 0. The van der Waals surface area contributed by atoms with Gasteiger partial charge in [-0.1, -0.05) is 41.4 Å². The van der Waals surface area contributed by atoms with Gasteiger partial charge in [0, 0.05) is 10.8 Å². The third-order valence-corrected chi connectivity index (χ3v) is 3.73. The van der Waals surface area contributed by atoms with Gasteiger partial charge < -0.3 is 10.1 Å². The summed E-state index contributed by atoms with van der Waals surface area (Å²) in [5.74, 6) is -0.977. The molecule has 5 heteroatoms. The number of hydrogen-bond acceptors (Lipinski definition) is 1. The monoisotopic (exact) mass is 279 g/mol. The number of carboxylic acids is 1. The Morgan fingerprint density at radius 2 is 1.78 bits per heavy atom. The third-order valence-electron chi connectivity index (χ3n) is 2.93. The molecule has 0 radical (unpaired) electrons. The van der Waals surface area contributed by atoms with E-state index in [1.54, 1.807) is 18.2 Å². The molecule has 0 amide bonds. The molecular weight excluding hydrogens is 273 g/mol. The Hall–Kier alpha value is -1.71. The molecule has 0 spiro atoms. The zero-order valence-electron chi connectivity index (χ0n) is 9.00. The van der Waals surface area contributed by atoms with E-state index in [2.05, 4.69) is 4.98 Å². The maximum Gasteiger partial charge on any atom is 0.337 e. The van der Waals surface area contributed by atoms with Gasteiger partial charge in [-0.3, -0.25) is 0 Å². The third kappa shape index (κ3) is 1.48.